The average Bonchev–Trinajstić information content (AvgIpc) is 3.15. The molecule has 1 aliphatic heterocycles. The molecule has 0 spiro atoms. The number of aromatic nitrogens is 4. The number of nitrogens with zero attached hydrogens (tertiary/aromatic N) is 7. The number of sulfonamides is 1. The molecule has 33 heavy (non-hydrogen) atoms. The molecule has 3 heterocycles. The van der Waals surface area contributed by atoms with Crippen LogP contribution in [-0.4, -0.2) is 68.1 Å². The first-order valence-corrected chi connectivity index (χ1v) is 12.2. The summed E-state index contributed by atoms with van der Waals surface area (Å²) in [5.41, 5.74) is 0.781. The summed E-state index contributed by atoms with van der Waals surface area (Å²) in [5, 5.41) is 15.5. The van der Waals surface area contributed by atoms with Crippen LogP contribution in [0.15, 0.2) is 53.7 Å². The number of nitro groups is 1. The van der Waals surface area contributed by atoms with Crippen LogP contribution in [0.2, 0.25) is 0 Å². The number of hydrogen-bond acceptors (Lipinski definition) is 8. The second kappa shape index (κ2) is 9.47. The molecule has 0 N–H and O–H groups in total. The van der Waals surface area contributed by atoms with Gasteiger partial charge >= 0.3 is 0 Å². The van der Waals surface area contributed by atoms with Gasteiger partial charge in [-0.1, -0.05) is 0 Å². The maximum atomic E-state index is 12.9. The van der Waals surface area contributed by atoms with Gasteiger partial charge in [0, 0.05) is 62.8 Å². The lowest BCUT2D eigenvalue weighted by atomic mass is 10.2. The smallest absolute Gasteiger partial charge is 0.269 e. The molecule has 174 valence electrons. The Morgan fingerprint density at radius 2 is 1.70 bits per heavy atom. The number of nitro benzene ring substituents is 1. The van der Waals surface area contributed by atoms with E-state index in [4.69, 9.17) is 17.3 Å². The molecule has 1 saturated heterocycles. The van der Waals surface area contributed by atoms with Crippen LogP contribution in [0.25, 0.3) is 11.4 Å². The van der Waals surface area contributed by atoms with E-state index in [9.17, 15) is 18.5 Å². The van der Waals surface area contributed by atoms with Gasteiger partial charge in [0.15, 0.2) is 10.6 Å². The second-order valence-electron chi connectivity index (χ2n) is 7.50. The van der Waals surface area contributed by atoms with Crippen molar-refractivity contribution in [2.24, 2.45) is 0 Å². The van der Waals surface area contributed by atoms with Crippen molar-refractivity contribution in [1.82, 2.24) is 28.5 Å². The molecule has 0 unspecified atom stereocenters. The van der Waals surface area contributed by atoms with Crippen molar-refractivity contribution in [3.05, 3.63) is 63.7 Å². The van der Waals surface area contributed by atoms with Gasteiger partial charge in [-0.25, -0.2) is 13.1 Å². The highest BCUT2D eigenvalue weighted by Gasteiger charge is 2.29. The molecule has 1 aromatic carbocycles. The maximum absolute atomic E-state index is 12.9. The maximum Gasteiger partial charge on any atom is 0.269 e. The summed E-state index contributed by atoms with van der Waals surface area (Å²) in [6, 6.07) is 8.73. The lowest BCUT2D eigenvalue weighted by molar-refractivity contribution is -0.384. The molecular weight excluding hydrogens is 466 g/mol. The number of rotatable bonds is 7. The van der Waals surface area contributed by atoms with Gasteiger partial charge < -0.3 is 4.57 Å². The number of pyridine rings is 1. The molecule has 0 atom stereocenters. The van der Waals surface area contributed by atoms with E-state index in [0.29, 0.717) is 44.2 Å². The van der Waals surface area contributed by atoms with Crippen molar-refractivity contribution >= 4 is 27.9 Å². The fraction of sp³-hybridized carbons (Fsp3) is 0.350. The summed E-state index contributed by atoms with van der Waals surface area (Å²) in [7, 11) is -3.72. The quantitative estimate of drug-likeness (QED) is 0.282. The minimum atomic E-state index is -3.72. The Balaban J connectivity index is 1.45. The van der Waals surface area contributed by atoms with Gasteiger partial charge in [0.1, 0.15) is 0 Å². The van der Waals surface area contributed by atoms with Gasteiger partial charge in [0.2, 0.25) is 10.0 Å². The zero-order chi connectivity index (χ0) is 23.6. The average molecular weight is 490 g/mol. The van der Waals surface area contributed by atoms with Gasteiger partial charge in [0.25, 0.3) is 5.69 Å². The zero-order valence-electron chi connectivity index (χ0n) is 17.9. The van der Waals surface area contributed by atoms with E-state index in [1.165, 1.54) is 28.6 Å². The summed E-state index contributed by atoms with van der Waals surface area (Å²) in [5.74, 6) is 0.768. The lowest BCUT2D eigenvalue weighted by Gasteiger charge is -2.33. The molecule has 13 heteroatoms. The molecule has 1 aliphatic rings. The molecule has 0 saturated carbocycles. The third kappa shape index (κ3) is 4.71. The summed E-state index contributed by atoms with van der Waals surface area (Å²) in [6.07, 6.45) is 3.42. The summed E-state index contributed by atoms with van der Waals surface area (Å²) < 4.78 is 31.6. The molecule has 11 nitrogen and oxygen atoms in total. The van der Waals surface area contributed by atoms with E-state index < -0.39 is 14.9 Å². The molecule has 3 aromatic rings. The highest BCUT2D eigenvalue weighted by molar-refractivity contribution is 7.89. The van der Waals surface area contributed by atoms with E-state index in [1.807, 2.05) is 23.6 Å². The number of piperazine rings is 1. The topological polar surface area (TPSA) is 119 Å². The third-order valence-corrected chi connectivity index (χ3v) is 7.87. The predicted molar refractivity (Wildman–Crippen MR) is 123 cm³/mol. The van der Waals surface area contributed by atoms with Crippen molar-refractivity contribution in [3.63, 3.8) is 0 Å². The Labute approximate surface area is 196 Å². The van der Waals surface area contributed by atoms with Crippen molar-refractivity contribution in [2.75, 3.05) is 26.2 Å². The fourth-order valence-corrected chi connectivity index (χ4v) is 5.46. The van der Waals surface area contributed by atoms with Crippen molar-refractivity contribution in [3.8, 4) is 11.4 Å². The molecule has 1 fully saturated rings. The fourth-order valence-electron chi connectivity index (χ4n) is 3.72. The second-order valence-corrected chi connectivity index (χ2v) is 9.80. The number of benzene rings is 1. The zero-order valence-corrected chi connectivity index (χ0v) is 19.6. The molecule has 2 aromatic heterocycles. The monoisotopic (exact) mass is 489 g/mol. The van der Waals surface area contributed by atoms with Crippen LogP contribution < -0.4 is 0 Å². The standard InChI is InChI=1S/C20H23N7O4S2/c1-2-25-19(16-7-9-21-10-8-16)22-26(20(25)32)15-23-11-13-24(14-12-23)33(30,31)18-5-3-17(4-6-18)27(28)29/h3-10H,2,11-15H2,1H3. The molecule has 0 amide bonds. The Hall–Kier alpha value is -3.00. The van der Waals surface area contributed by atoms with Gasteiger partial charge in [-0.2, -0.15) is 9.40 Å². The summed E-state index contributed by atoms with van der Waals surface area (Å²) >= 11 is 5.62. The highest BCUT2D eigenvalue weighted by atomic mass is 32.2. The number of non-ortho nitro benzene ring substituents is 1. The summed E-state index contributed by atoms with van der Waals surface area (Å²) in [6.45, 7) is 4.77. The molecule has 0 radical (unpaired) electrons. The van der Waals surface area contributed by atoms with Crippen LogP contribution in [-0.2, 0) is 23.2 Å². The Morgan fingerprint density at radius 3 is 2.27 bits per heavy atom. The first kappa shape index (κ1) is 23.2. The van der Waals surface area contributed by atoms with Crippen LogP contribution in [0, 0.1) is 14.9 Å². The first-order chi connectivity index (χ1) is 15.8. The van der Waals surface area contributed by atoms with E-state index >= 15 is 0 Å². The van der Waals surface area contributed by atoms with Crippen LogP contribution in [0.4, 0.5) is 5.69 Å². The predicted octanol–water partition coefficient (Wildman–Crippen LogP) is 2.37. The molecule has 4 rings (SSSR count). The van der Waals surface area contributed by atoms with E-state index in [0.717, 1.165) is 11.4 Å². The van der Waals surface area contributed by atoms with Crippen LogP contribution >= 0.6 is 12.2 Å². The molecular formula is C20H23N7O4S2. The minimum Gasteiger partial charge on any atom is -0.300 e. The van der Waals surface area contributed by atoms with E-state index in [1.54, 1.807) is 17.1 Å². The summed E-state index contributed by atoms with van der Waals surface area (Å²) in [4.78, 5) is 16.5. The first-order valence-electron chi connectivity index (χ1n) is 10.4. The Bertz CT molecular complexity index is 1300. The Kier molecular flexibility index (Phi) is 6.65. The van der Waals surface area contributed by atoms with Crippen LogP contribution in [0.1, 0.15) is 6.92 Å². The normalized spacial score (nSPS) is 15.5. The lowest BCUT2D eigenvalue weighted by Crippen LogP contribution is -2.48. The largest absolute Gasteiger partial charge is 0.300 e. The van der Waals surface area contributed by atoms with Crippen molar-refractivity contribution in [2.45, 2.75) is 25.0 Å². The van der Waals surface area contributed by atoms with Gasteiger partial charge in [-0.15, -0.1) is 0 Å². The van der Waals surface area contributed by atoms with E-state index in [-0.39, 0.29) is 10.6 Å². The van der Waals surface area contributed by atoms with Gasteiger partial charge in [0.05, 0.1) is 16.5 Å². The number of hydrogen-bond donors (Lipinski definition) is 0. The van der Waals surface area contributed by atoms with Gasteiger partial charge in [-0.05, 0) is 43.4 Å². The van der Waals surface area contributed by atoms with Crippen LogP contribution in [0.5, 0.6) is 0 Å². The van der Waals surface area contributed by atoms with Crippen molar-refractivity contribution in [1.29, 1.82) is 0 Å². The highest BCUT2D eigenvalue weighted by Crippen LogP contribution is 2.22. The Morgan fingerprint density at radius 1 is 1.06 bits per heavy atom. The van der Waals surface area contributed by atoms with Crippen molar-refractivity contribution < 1.29 is 13.3 Å². The molecule has 0 bridgehead atoms. The minimum absolute atomic E-state index is 0.0486. The SMILES string of the molecule is CCn1c(-c2ccncc2)nn(CN2CCN(S(=O)(=O)c3ccc([N+](=O)[O-])cc3)CC2)c1=S. The van der Waals surface area contributed by atoms with E-state index in [2.05, 4.69) is 9.88 Å². The third-order valence-electron chi connectivity index (χ3n) is 5.53. The van der Waals surface area contributed by atoms with Crippen LogP contribution in [0.3, 0.4) is 0 Å². The molecule has 0 aliphatic carbocycles. The van der Waals surface area contributed by atoms with Gasteiger partial charge in [-0.3, -0.25) is 20.0 Å².